The summed E-state index contributed by atoms with van der Waals surface area (Å²) in [5.74, 6) is 1.95. The number of nitrogens with one attached hydrogen (secondary N) is 3. The van der Waals surface area contributed by atoms with E-state index in [1.807, 2.05) is 52.3 Å². The number of carbonyl (C=O) groups excluding carboxylic acids is 1. The molecule has 1 amide bonds. The minimum atomic E-state index is -0.0423. The van der Waals surface area contributed by atoms with Gasteiger partial charge in [-0.25, -0.2) is 0 Å². The molecule has 3 N–H and O–H groups in total. The van der Waals surface area contributed by atoms with E-state index in [1.165, 1.54) is 6.08 Å². The zero-order valence-electron chi connectivity index (χ0n) is 19.6. The van der Waals surface area contributed by atoms with Crippen LogP contribution in [0.15, 0.2) is 61.6 Å². The predicted molar refractivity (Wildman–Crippen MR) is 135 cm³/mol. The summed E-state index contributed by atoms with van der Waals surface area (Å²) in [6.07, 6.45) is 8.75. The fraction of sp³-hybridized carbons (Fsp3) is 0.280. The Hall–Kier alpha value is -4.34. The summed E-state index contributed by atoms with van der Waals surface area (Å²) in [4.78, 5) is 26.4. The van der Waals surface area contributed by atoms with Crippen LogP contribution < -0.4 is 15.4 Å². The number of amides is 1. The molecular weight excluding hydrogens is 444 g/mol. The van der Waals surface area contributed by atoms with Crippen molar-refractivity contribution in [2.24, 2.45) is 0 Å². The van der Waals surface area contributed by atoms with Gasteiger partial charge in [-0.1, -0.05) is 18.7 Å². The number of benzene rings is 1. The number of fused-ring (bicyclic) bond motifs is 1. The Kier molecular flexibility index (Phi) is 6.34. The monoisotopic (exact) mass is 472 g/mol. The van der Waals surface area contributed by atoms with E-state index in [1.54, 1.807) is 13.3 Å². The SMILES string of the molecule is C=CC(=O)N1CCCC(Nc2nc(Nc3cnn(Cc4cccc(OC)c4)c3)nc3[nH]ccc23)C1. The van der Waals surface area contributed by atoms with Crippen molar-refractivity contribution in [1.82, 2.24) is 29.6 Å². The van der Waals surface area contributed by atoms with Gasteiger partial charge in [0.25, 0.3) is 0 Å². The van der Waals surface area contributed by atoms with Gasteiger partial charge in [0.2, 0.25) is 11.9 Å². The number of piperidine rings is 1. The Morgan fingerprint density at radius 3 is 3.11 bits per heavy atom. The van der Waals surface area contributed by atoms with Crippen molar-refractivity contribution in [3.63, 3.8) is 0 Å². The van der Waals surface area contributed by atoms with Gasteiger partial charge in [-0.05, 0) is 42.7 Å². The van der Waals surface area contributed by atoms with Crippen LogP contribution in [0, 0.1) is 0 Å². The van der Waals surface area contributed by atoms with Gasteiger partial charge >= 0.3 is 0 Å². The number of hydrogen-bond acceptors (Lipinski definition) is 7. The summed E-state index contributed by atoms with van der Waals surface area (Å²) in [7, 11) is 1.66. The van der Waals surface area contributed by atoms with E-state index in [0.29, 0.717) is 19.0 Å². The van der Waals surface area contributed by atoms with Crippen molar-refractivity contribution >= 4 is 34.4 Å². The summed E-state index contributed by atoms with van der Waals surface area (Å²) in [6.45, 7) is 5.58. The molecular formula is C25H28N8O2. The van der Waals surface area contributed by atoms with Crippen LogP contribution in [0.2, 0.25) is 0 Å². The van der Waals surface area contributed by atoms with Crippen molar-refractivity contribution in [3.05, 3.63) is 67.1 Å². The third-order valence-electron chi connectivity index (χ3n) is 6.03. The van der Waals surface area contributed by atoms with Gasteiger partial charge in [0.05, 0.1) is 30.9 Å². The lowest BCUT2D eigenvalue weighted by Gasteiger charge is -2.33. The second-order valence-corrected chi connectivity index (χ2v) is 8.51. The molecule has 0 spiro atoms. The maximum absolute atomic E-state index is 12.1. The van der Waals surface area contributed by atoms with Crippen molar-refractivity contribution < 1.29 is 9.53 Å². The topological polar surface area (TPSA) is 113 Å². The first-order chi connectivity index (χ1) is 17.1. The maximum Gasteiger partial charge on any atom is 0.246 e. The third kappa shape index (κ3) is 5.11. The first kappa shape index (κ1) is 22.5. The molecule has 1 aliphatic heterocycles. The zero-order chi connectivity index (χ0) is 24.2. The van der Waals surface area contributed by atoms with Crippen LogP contribution in [0.1, 0.15) is 18.4 Å². The van der Waals surface area contributed by atoms with E-state index in [4.69, 9.17) is 9.72 Å². The van der Waals surface area contributed by atoms with Crippen LogP contribution in [0.5, 0.6) is 5.75 Å². The third-order valence-corrected chi connectivity index (χ3v) is 6.03. The number of aromatic nitrogens is 5. The number of carbonyl (C=O) groups is 1. The summed E-state index contributed by atoms with van der Waals surface area (Å²) < 4.78 is 7.15. The number of anilines is 3. The lowest BCUT2D eigenvalue weighted by molar-refractivity contribution is -0.127. The molecule has 0 saturated carbocycles. The Morgan fingerprint density at radius 1 is 1.34 bits per heavy atom. The lowest BCUT2D eigenvalue weighted by Crippen LogP contribution is -2.44. The number of rotatable bonds is 8. The van der Waals surface area contributed by atoms with E-state index >= 15 is 0 Å². The molecule has 1 fully saturated rings. The van der Waals surface area contributed by atoms with Crippen molar-refractivity contribution in [3.8, 4) is 5.75 Å². The molecule has 1 aromatic carbocycles. The van der Waals surface area contributed by atoms with Gasteiger partial charge in [0, 0.05) is 31.5 Å². The van der Waals surface area contributed by atoms with Crippen LogP contribution in [-0.4, -0.2) is 61.8 Å². The molecule has 1 unspecified atom stereocenters. The number of aromatic amines is 1. The summed E-state index contributed by atoms with van der Waals surface area (Å²) in [5, 5.41) is 12.1. The van der Waals surface area contributed by atoms with E-state index in [0.717, 1.165) is 53.2 Å². The highest BCUT2D eigenvalue weighted by atomic mass is 16.5. The molecule has 3 aromatic heterocycles. The molecule has 0 bridgehead atoms. The van der Waals surface area contributed by atoms with Crippen LogP contribution in [0.4, 0.5) is 17.5 Å². The molecule has 4 heterocycles. The van der Waals surface area contributed by atoms with Gasteiger partial charge in [-0.15, -0.1) is 0 Å². The van der Waals surface area contributed by atoms with E-state index in [2.05, 4.69) is 32.3 Å². The molecule has 0 aliphatic carbocycles. The Morgan fingerprint density at radius 2 is 2.26 bits per heavy atom. The summed E-state index contributed by atoms with van der Waals surface area (Å²) >= 11 is 0. The van der Waals surface area contributed by atoms with Crippen LogP contribution in [0.3, 0.4) is 0 Å². The molecule has 10 nitrogen and oxygen atoms in total. The average Bonchev–Trinajstić information content (AvgIpc) is 3.53. The summed E-state index contributed by atoms with van der Waals surface area (Å²) in [6, 6.07) is 9.95. The fourth-order valence-corrected chi connectivity index (χ4v) is 4.33. The highest BCUT2D eigenvalue weighted by molar-refractivity contribution is 5.89. The molecule has 10 heteroatoms. The smallest absolute Gasteiger partial charge is 0.246 e. The number of nitrogens with zero attached hydrogens (tertiary/aromatic N) is 5. The lowest BCUT2D eigenvalue weighted by atomic mass is 10.1. The average molecular weight is 473 g/mol. The Balaban J connectivity index is 1.32. The minimum absolute atomic E-state index is 0.0423. The predicted octanol–water partition coefficient (Wildman–Crippen LogP) is 3.54. The van der Waals surface area contributed by atoms with Crippen molar-refractivity contribution in [2.45, 2.75) is 25.4 Å². The Bertz CT molecular complexity index is 1340. The number of ether oxygens (including phenoxy) is 1. The molecule has 1 aliphatic rings. The highest BCUT2D eigenvalue weighted by Crippen LogP contribution is 2.25. The van der Waals surface area contributed by atoms with Gasteiger partial charge in [-0.2, -0.15) is 15.1 Å². The minimum Gasteiger partial charge on any atom is -0.497 e. The number of hydrogen-bond donors (Lipinski definition) is 3. The largest absolute Gasteiger partial charge is 0.497 e. The second kappa shape index (κ2) is 9.88. The highest BCUT2D eigenvalue weighted by Gasteiger charge is 2.23. The molecule has 4 aromatic rings. The van der Waals surface area contributed by atoms with E-state index in [9.17, 15) is 4.79 Å². The van der Waals surface area contributed by atoms with Crippen LogP contribution in [0.25, 0.3) is 11.0 Å². The van der Waals surface area contributed by atoms with Crippen molar-refractivity contribution in [2.75, 3.05) is 30.8 Å². The van der Waals surface area contributed by atoms with Gasteiger partial charge in [-0.3, -0.25) is 9.48 Å². The molecule has 180 valence electrons. The first-order valence-corrected chi connectivity index (χ1v) is 11.6. The molecule has 5 rings (SSSR count). The van der Waals surface area contributed by atoms with Crippen molar-refractivity contribution in [1.29, 1.82) is 0 Å². The number of methoxy groups -OCH3 is 1. The van der Waals surface area contributed by atoms with Gasteiger partial charge in [0.1, 0.15) is 17.2 Å². The first-order valence-electron chi connectivity index (χ1n) is 11.6. The Labute approximate surface area is 203 Å². The van der Waals surface area contributed by atoms with Gasteiger partial charge in [0.15, 0.2) is 0 Å². The zero-order valence-corrected chi connectivity index (χ0v) is 19.6. The van der Waals surface area contributed by atoms with E-state index < -0.39 is 0 Å². The molecule has 1 saturated heterocycles. The molecule has 1 atom stereocenters. The number of likely N-dealkylation sites (tertiary alicyclic amines) is 1. The quantitative estimate of drug-likeness (QED) is 0.336. The van der Waals surface area contributed by atoms with Crippen LogP contribution in [-0.2, 0) is 11.3 Å². The second-order valence-electron chi connectivity index (χ2n) is 8.51. The molecule has 0 radical (unpaired) electrons. The maximum atomic E-state index is 12.1. The number of H-pyrrole nitrogens is 1. The van der Waals surface area contributed by atoms with Gasteiger partial charge < -0.3 is 25.3 Å². The fourth-order valence-electron chi connectivity index (χ4n) is 4.33. The molecule has 35 heavy (non-hydrogen) atoms. The van der Waals surface area contributed by atoms with E-state index in [-0.39, 0.29) is 11.9 Å². The standard InChI is InChI=1S/C25H28N8O2/c1-3-22(34)32-11-5-7-18(15-32)28-24-21-9-10-26-23(21)30-25(31-24)29-19-13-27-33(16-19)14-17-6-4-8-20(12-17)35-2/h3-4,6,8-10,12-13,16,18H,1,5,7,11,14-15H2,2H3,(H3,26,28,29,30,31). The summed E-state index contributed by atoms with van der Waals surface area (Å²) in [5.41, 5.74) is 2.60. The van der Waals surface area contributed by atoms with Crippen LogP contribution >= 0.6 is 0 Å². The normalized spacial score (nSPS) is 15.7.